The van der Waals surface area contributed by atoms with Crippen molar-refractivity contribution in [2.24, 2.45) is 0 Å². The van der Waals surface area contributed by atoms with Crippen LogP contribution >= 0.6 is 0 Å². The minimum Gasteiger partial charge on any atom is -0.451 e. The SMILES string of the molecule is O=C(NC1CCC(n2nc(-n3cncn3)ccc2=O)CC1)c1cc2ccccc2o1. The molecule has 0 bridgehead atoms. The Labute approximate surface area is 171 Å². The average Bonchev–Trinajstić information content (AvgIpc) is 3.45. The van der Waals surface area contributed by atoms with Crippen molar-refractivity contribution in [2.75, 3.05) is 0 Å². The predicted octanol–water partition coefficient (Wildman–Crippen LogP) is 2.48. The van der Waals surface area contributed by atoms with Crippen LogP contribution in [0.4, 0.5) is 0 Å². The molecule has 1 aliphatic carbocycles. The van der Waals surface area contributed by atoms with E-state index in [0.717, 1.165) is 31.1 Å². The fraction of sp³-hybridized carbons (Fsp3) is 0.286. The van der Waals surface area contributed by atoms with Crippen LogP contribution in [-0.4, -0.2) is 36.5 Å². The molecule has 4 aromatic rings. The molecule has 0 radical (unpaired) electrons. The molecule has 1 amide bonds. The van der Waals surface area contributed by atoms with Crippen LogP contribution < -0.4 is 10.9 Å². The minimum absolute atomic E-state index is 0.0136. The molecular weight excluding hydrogens is 384 g/mol. The lowest BCUT2D eigenvalue weighted by Crippen LogP contribution is -2.39. The topological polar surface area (TPSA) is 108 Å². The zero-order valence-electron chi connectivity index (χ0n) is 16.1. The molecule has 9 heteroatoms. The largest absolute Gasteiger partial charge is 0.451 e. The van der Waals surface area contributed by atoms with Crippen LogP contribution in [0, 0.1) is 0 Å². The molecule has 0 saturated heterocycles. The van der Waals surface area contributed by atoms with Crippen molar-refractivity contribution in [1.82, 2.24) is 29.9 Å². The summed E-state index contributed by atoms with van der Waals surface area (Å²) in [5.74, 6) is 0.655. The summed E-state index contributed by atoms with van der Waals surface area (Å²) in [6.45, 7) is 0. The first kappa shape index (κ1) is 18.3. The number of carbonyl (C=O) groups is 1. The monoisotopic (exact) mass is 404 g/mol. The molecular formula is C21H20N6O3. The number of nitrogens with one attached hydrogen (secondary N) is 1. The van der Waals surface area contributed by atoms with E-state index >= 15 is 0 Å². The highest BCUT2D eigenvalue weighted by molar-refractivity contribution is 5.96. The first-order valence-electron chi connectivity index (χ1n) is 9.92. The number of hydrogen-bond donors (Lipinski definition) is 1. The average molecular weight is 404 g/mol. The van der Waals surface area contributed by atoms with Crippen molar-refractivity contribution in [3.63, 3.8) is 0 Å². The van der Waals surface area contributed by atoms with Crippen molar-refractivity contribution in [3.8, 4) is 5.82 Å². The number of amides is 1. The van der Waals surface area contributed by atoms with E-state index in [-0.39, 0.29) is 23.6 Å². The van der Waals surface area contributed by atoms with Crippen LogP contribution in [0.1, 0.15) is 42.3 Å². The number of fused-ring (bicyclic) bond motifs is 1. The number of para-hydroxylation sites is 1. The lowest BCUT2D eigenvalue weighted by atomic mass is 9.91. The summed E-state index contributed by atoms with van der Waals surface area (Å²) in [6, 6.07) is 12.5. The fourth-order valence-corrected chi connectivity index (χ4v) is 3.94. The zero-order chi connectivity index (χ0) is 20.5. The Morgan fingerprint density at radius 1 is 1.10 bits per heavy atom. The number of carbonyl (C=O) groups excluding carboxylic acids is 1. The molecule has 1 aromatic carbocycles. The van der Waals surface area contributed by atoms with E-state index in [2.05, 4.69) is 20.5 Å². The van der Waals surface area contributed by atoms with Crippen molar-refractivity contribution < 1.29 is 9.21 Å². The van der Waals surface area contributed by atoms with E-state index in [9.17, 15) is 9.59 Å². The third-order valence-electron chi connectivity index (χ3n) is 5.49. The normalized spacial score (nSPS) is 19.1. The van der Waals surface area contributed by atoms with Crippen molar-refractivity contribution in [1.29, 1.82) is 0 Å². The van der Waals surface area contributed by atoms with Gasteiger partial charge in [0.05, 0.1) is 6.04 Å². The fourth-order valence-electron chi connectivity index (χ4n) is 3.94. The Morgan fingerprint density at radius 3 is 2.70 bits per heavy atom. The smallest absolute Gasteiger partial charge is 0.287 e. The first-order valence-corrected chi connectivity index (χ1v) is 9.92. The highest BCUT2D eigenvalue weighted by Crippen LogP contribution is 2.27. The van der Waals surface area contributed by atoms with Gasteiger partial charge in [0.2, 0.25) is 0 Å². The lowest BCUT2D eigenvalue weighted by Gasteiger charge is -2.29. The summed E-state index contributed by atoms with van der Waals surface area (Å²) in [4.78, 5) is 28.8. The van der Waals surface area contributed by atoms with Crippen LogP contribution in [0.5, 0.6) is 0 Å². The zero-order valence-corrected chi connectivity index (χ0v) is 16.1. The molecule has 0 spiro atoms. The Kier molecular flexibility index (Phi) is 4.62. The van der Waals surface area contributed by atoms with Crippen molar-refractivity contribution in [3.05, 3.63) is 71.2 Å². The van der Waals surface area contributed by atoms with Crippen LogP contribution in [0.2, 0.25) is 0 Å². The van der Waals surface area contributed by atoms with E-state index in [0.29, 0.717) is 17.2 Å². The van der Waals surface area contributed by atoms with Crippen molar-refractivity contribution >= 4 is 16.9 Å². The van der Waals surface area contributed by atoms with Crippen LogP contribution in [0.25, 0.3) is 16.8 Å². The summed E-state index contributed by atoms with van der Waals surface area (Å²) in [6.07, 6.45) is 5.99. The number of benzene rings is 1. The third-order valence-corrected chi connectivity index (χ3v) is 5.49. The minimum atomic E-state index is -0.210. The summed E-state index contributed by atoms with van der Waals surface area (Å²) in [5.41, 5.74) is 0.553. The maximum absolute atomic E-state index is 12.6. The molecule has 3 heterocycles. The summed E-state index contributed by atoms with van der Waals surface area (Å²) >= 11 is 0. The van der Waals surface area contributed by atoms with Gasteiger partial charge in [-0.1, -0.05) is 18.2 Å². The van der Waals surface area contributed by atoms with Gasteiger partial charge in [0.25, 0.3) is 11.5 Å². The molecule has 0 aliphatic heterocycles. The van der Waals surface area contributed by atoms with E-state index in [4.69, 9.17) is 4.42 Å². The Morgan fingerprint density at radius 2 is 1.93 bits per heavy atom. The Bertz CT molecular complexity index is 1200. The molecule has 30 heavy (non-hydrogen) atoms. The second-order valence-electron chi connectivity index (χ2n) is 7.44. The first-order chi connectivity index (χ1) is 14.7. The molecule has 5 rings (SSSR count). The standard InChI is InChI=1S/C21H20N6O3/c28-20-10-9-19(26-13-22-12-23-26)25-27(20)16-7-5-15(6-8-16)24-21(29)18-11-14-3-1-2-4-17(14)30-18/h1-4,9-13,15-16H,5-8H2,(H,24,29). The van der Waals surface area contributed by atoms with Gasteiger partial charge in [0.15, 0.2) is 11.6 Å². The quantitative estimate of drug-likeness (QED) is 0.560. The van der Waals surface area contributed by atoms with Crippen molar-refractivity contribution in [2.45, 2.75) is 37.8 Å². The molecule has 9 nitrogen and oxygen atoms in total. The van der Waals surface area contributed by atoms with E-state index < -0.39 is 0 Å². The Hall–Kier alpha value is -3.75. The summed E-state index contributed by atoms with van der Waals surface area (Å²) < 4.78 is 8.69. The van der Waals surface area contributed by atoms with E-state index in [1.165, 1.54) is 21.8 Å². The van der Waals surface area contributed by atoms with Crippen LogP contribution in [-0.2, 0) is 0 Å². The highest BCUT2D eigenvalue weighted by atomic mass is 16.3. The molecule has 3 aromatic heterocycles. The molecule has 0 atom stereocenters. The number of hydrogen-bond acceptors (Lipinski definition) is 6. The van der Waals surface area contributed by atoms with Gasteiger partial charge < -0.3 is 9.73 Å². The maximum Gasteiger partial charge on any atom is 0.287 e. The number of nitrogens with zero attached hydrogens (tertiary/aromatic N) is 5. The van der Waals surface area contributed by atoms with Gasteiger partial charge in [-0.25, -0.2) is 14.3 Å². The number of furan rings is 1. The molecule has 0 unspecified atom stereocenters. The number of rotatable bonds is 4. The van der Waals surface area contributed by atoms with Gasteiger partial charge in [-0.2, -0.15) is 5.10 Å². The molecule has 1 fully saturated rings. The van der Waals surface area contributed by atoms with Gasteiger partial charge in [-0.15, -0.1) is 5.10 Å². The third kappa shape index (κ3) is 3.49. The maximum atomic E-state index is 12.6. The highest BCUT2D eigenvalue weighted by Gasteiger charge is 2.26. The van der Waals surface area contributed by atoms with E-state index in [1.54, 1.807) is 18.5 Å². The van der Waals surface area contributed by atoms with Gasteiger partial charge in [-0.05, 0) is 43.9 Å². The van der Waals surface area contributed by atoms with Gasteiger partial charge in [0, 0.05) is 17.5 Å². The molecule has 1 saturated carbocycles. The second kappa shape index (κ2) is 7.58. The number of aromatic nitrogens is 5. The second-order valence-corrected chi connectivity index (χ2v) is 7.44. The van der Waals surface area contributed by atoms with Crippen LogP contribution in [0.3, 0.4) is 0 Å². The van der Waals surface area contributed by atoms with E-state index in [1.807, 2.05) is 24.3 Å². The predicted molar refractivity (Wildman–Crippen MR) is 108 cm³/mol. The Balaban J connectivity index is 1.25. The molecule has 1 N–H and O–H groups in total. The van der Waals surface area contributed by atoms with Crippen LogP contribution in [0.15, 0.2) is 64.3 Å². The van der Waals surface area contributed by atoms with Gasteiger partial charge >= 0.3 is 0 Å². The molecule has 152 valence electrons. The van der Waals surface area contributed by atoms with Gasteiger partial charge in [-0.3, -0.25) is 9.59 Å². The lowest BCUT2D eigenvalue weighted by molar-refractivity contribution is 0.0895. The molecule has 1 aliphatic rings. The summed E-state index contributed by atoms with van der Waals surface area (Å²) in [5, 5.41) is 12.5. The summed E-state index contributed by atoms with van der Waals surface area (Å²) in [7, 11) is 0. The van der Waals surface area contributed by atoms with Gasteiger partial charge in [0.1, 0.15) is 18.2 Å².